The first kappa shape index (κ1) is 17.7. The highest BCUT2D eigenvalue weighted by atomic mass is 32.1. The highest BCUT2D eigenvalue weighted by Crippen LogP contribution is 2.42. The first-order valence-electron chi connectivity index (χ1n) is 10.2. The Hall–Kier alpha value is -3.17. The topological polar surface area (TPSA) is 26.0 Å². The lowest BCUT2D eigenvalue weighted by Gasteiger charge is -2.22. The van der Waals surface area contributed by atoms with Crippen molar-refractivity contribution >= 4 is 54.1 Å². The standard InChI is InChI=1S/C27H21NOS/c1-27(2,3)20-15-17(14-16-6-4-5-7-18(16)20)26-25-22(10-12-28-26)29-21-8-9-23-19(24(21)25)11-13-30-23/h4-15H,1-3H3. The molecule has 0 spiro atoms. The van der Waals surface area contributed by atoms with Gasteiger partial charge in [0.25, 0.3) is 0 Å². The number of pyridine rings is 1. The molecule has 0 amide bonds. The normalized spacial score (nSPS) is 12.5. The summed E-state index contributed by atoms with van der Waals surface area (Å²) in [6.07, 6.45) is 1.86. The zero-order valence-corrected chi connectivity index (χ0v) is 18.0. The van der Waals surface area contributed by atoms with Gasteiger partial charge in [-0.05, 0) is 63.5 Å². The second kappa shape index (κ2) is 6.16. The van der Waals surface area contributed by atoms with E-state index < -0.39 is 0 Å². The molecule has 0 aliphatic carbocycles. The molecule has 6 rings (SSSR count). The third kappa shape index (κ3) is 2.52. The lowest BCUT2D eigenvalue weighted by Crippen LogP contribution is -2.12. The number of hydrogen-bond donors (Lipinski definition) is 0. The minimum atomic E-state index is 0.0304. The average molecular weight is 408 g/mol. The Kier molecular flexibility index (Phi) is 3.63. The molecule has 30 heavy (non-hydrogen) atoms. The molecule has 2 nitrogen and oxygen atoms in total. The molecule has 0 N–H and O–H groups in total. The summed E-state index contributed by atoms with van der Waals surface area (Å²) in [5.74, 6) is 0. The van der Waals surface area contributed by atoms with E-state index in [1.807, 2.05) is 12.3 Å². The number of rotatable bonds is 1. The van der Waals surface area contributed by atoms with Crippen LogP contribution in [0, 0.1) is 0 Å². The molecular formula is C27H21NOS. The van der Waals surface area contributed by atoms with Crippen molar-refractivity contribution in [3.05, 3.63) is 77.8 Å². The van der Waals surface area contributed by atoms with E-state index in [4.69, 9.17) is 9.40 Å². The van der Waals surface area contributed by atoms with Crippen molar-refractivity contribution in [1.29, 1.82) is 0 Å². The van der Waals surface area contributed by atoms with Crippen LogP contribution in [0.3, 0.4) is 0 Å². The average Bonchev–Trinajstić information content (AvgIpc) is 3.35. The van der Waals surface area contributed by atoms with Crippen molar-refractivity contribution < 1.29 is 4.42 Å². The molecule has 3 heteroatoms. The van der Waals surface area contributed by atoms with Crippen molar-refractivity contribution in [3.63, 3.8) is 0 Å². The van der Waals surface area contributed by atoms with Gasteiger partial charge in [0.05, 0.1) is 11.1 Å². The van der Waals surface area contributed by atoms with Gasteiger partial charge >= 0.3 is 0 Å². The molecule has 0 radical (unpaired) electrons. The Balaban J connectivity index is 1.76. The van der Waals surface area contributed by atoms with E-state index in [2.05, 4.69) is 80.7 Å². The van der Waals surface area contributed by atoms with Crippen molar-refractivity contribution in [3.8, 4) is 11.3 Å². The fraction of sp³-hybridized carbons (Fsp3) is 0.148. The molecule has 146 valence electrons. The fourth-order valence-electron chi connectivity index (χ4n) is 4.54. The predicted octanol–water partition coefficient (Wildman–Crippen LogP) is 8.31. The van der Waals surface area contributed by atoms with Gasteiger partial charge in [-0.25, -0.2) is 0 Å². The van der Waals surface area contributed by atoms with Gasteiger partial charge in [0.1, 0.15) is 11.2 Å². The van der Waals surface area contributed by atoms with Gasteiger partial charge in [-0.1, -0.05) is 45.0 Å². The smallest absolute Gasteiger partial charge is 0.139 e. The van der Waals surface area contributed by atoms with E-state index >= 15 is 0 Å². The Morgan fingerprint density at radius 3 is 2.53 bits per heavy atom. The summed E-state index contributed by atoms with van der Waals surface area (Å²) in [6, 6.07) is 21.6. The van der Waals surface area contributed by atoms with Crippen LogP contribution in [-0.2, 0) is 5.41 Å². The number of aromatic nitrogens is 1. The second-order valence-corrected chi connectivity index (χ2v) is 9.85. The van der Waals surface area contributed by atoms with Crippen molar-refractivity contribution in [2.75, 3.05) is 0 Å². The maximum absolute atomic E-state index is 6.24. The first-order valence-corrected chi connectivity index (χ1v) is 11.1. The Labute approximate surface area is 178 Å². The van der Waals surface area contributed by atoms with Gasteiger partial charge in [0.2, 0.25) is 0 Å². The lowest BCUT2D eigenvalue weighted by atomic mass is 9.82. The van der Waals surface area contributed by atoms with Gasteiger partial charge in [-0.2, -0.15) is 0 Å². The first-order chi connectivity index (χ1) is 14.5. The number of furan rings is 1. The summed E-state index contributed by atoms with van der Waals surface area (Å²) in [4.78, 5) is 4.86. The van der Waals surface area contributed by atoms with Crippen LogP contribution in [0.15, 0.2) is 76.7 Å². The van der Waals surface area contributed by atoms with Crippen LogP contribution in [0.4, 0.5) is 0 Å². The Bertz CT molecular complexity index is 1580. The van der Waals surface area contributed by atoms with Gasteiger partial charge in [-0.3, -0.25) is 4.98 Å². The minimum absolute atomic E-state index is 0.0304. The van der Waals surface area contributed by atoms with E-state index in [-0.39, 0.29) is 5.41 Å². The van der Waals surface area contributed by atoms with E-state index in [1.165, 1.54) is 26.4 Å². The molecular weight excluding hydrogens is 386 g/mol. The molecule has 3 aromatic carbocycles. The van der Waals surface area contributed by atoms with Crippen LogP contribution < -0.4 is 0 Å². The zero-order chi connectivity index (χ0) is 20.5. The molecule has 3 heterocycles. The summed E-state index contributed by atoms with van der Waals surface area (Å²) >= 11 is 1.76. The SMILES string of the molecule is CC(C)(C)c1cc(-c2nccc3oc4ccc5sccc5c4c23)cc2ccccc12. The number of benzene rings is 3. The Morgan fingerprint density at radius 1 is 0.833 bits per heavy atom. The number of hydrogen-bond acceptors (Lipinski definition) is 3. The number of fused-ring (bicyclic) bond motifs is 6. The highest BCUT2D eigenvalue weighted by Gasteiger charge is 2.21. The third-order valence-electron chi connectivity index (χ3n) is 5.92. The van der Waals surface area contributed by atoms with Crippen LogP contribution in [0.25, 0.3) is 54.1 Å². The fourth-order valence-corrected chi connectivity index (χ4v) is 5.34. The quantitative estimate of drug-likeness (QED) is 0.274. The van der Waals surface area contributed by atoms with Gasteiger partial charge in [-0.15, -0.1) is 11.3 Å². The van der Waals surface area contributed by atoms with Crippen molar-refractivity contribution in [2.45, 2.75) is 26.2 Å². The molecule has 0 saturated carbocycles. The molecule has 0 aliphatic heterocycles. The molecule has 0 fully saturated rings. The zero-order valence-electron chi connectivity index (χ0n) is 17.2. The van der Waals surface area contributed by atoms with E-state index in [0.29, 0.717) is 0 Å². The predicted molar refractivity (Wildman–Crippen MR) is 129 cm³/mol. The number of nitrogens with zero attached hydrogens (tertiary/aromatic N) is 1. The van der Waals surface area contributed by atoms with Crippen LogP contribution in [0.5, 0.6) is 0 Å². The van der Waals surface area contributed by atoms with E-state index in [1.54, 1.807) is 11.3 Å². The lowest BCUT2D eigenvalue weighted by molar-refractivity contribution is 0.596. The second-order valence-electron chi connectivity index (χ2n) is 8.90. The maximum Gasteiger partial charge on any atom is 0.139 e. The summed E-state index contributed by atoms with van der Waals surface area (Å²) in [7, 11) is 0. The monoisotopic (exact) mass is 407 g/mol. The summed E-state index contributed by atoms with van der Waals surface area (Å²) in [5.41, 5.74) is 5.30. The molecule has 0 unspecified atom stereocenters. The van der Waals surface area contributed by atoms with Crippen LogP contribution >= 0.6 is 11.3 Å². The van der Waals surface area contributed by atoms with Gasteiger partial charge in [0.15, 0.2) is 0 Å². The summed E-state index contributed by atoms with van der Waals surface area (Å²) in [5, 5.41) is 8.20. The summed E-state index contributed by atoms with van der Waals surface area (Å²) < 4.78 is 7.51. The van der Waals surface area contributed by atoms with Gasteiger partial charge in [0, 0.05) is 27.2 Å². The Morgan fingerprint density at radius 2 is 1.67 bits per heavy atom. The molecule has 0 saturated heterocycles. The van der Waals surface area contributed by atoms with Crippen LogP contribution in [0.2, 0.25) is 0 Å². The number of thiophene rings is 1. The minimum Gasteiger partial charge on any atom is -0.456 e. The molecule has 6 aromatic rings. The van der Waals surface area contributed by atoms with Gasteiger partial charge < -0.3 is 4.42 Å². The van der Waals surface area contributed by atoms with Crippen molar-refractivity contribution in [1.82, 2.24) is 4.98 Å². The van der Waals surface area contributed by atoms with Crippen molar-refractivity contribution in [2.24, 2.45) is 0 Å². The highest BCUT2D eigenvalue weighted by molar-refractivity contribution is 7.17. The van der Waals surface area contributed by atoms with Crippen LogP contribution in [0.1, 0.15) is 26.3 Å². The largest absolute Gasteiger partial charge is 0.456 e. The molecule has 0 atom stereocenters. The van der Waals surface area contributed by atoms with Crippen LogP contribution in [-0.4, -0.2) is 4.98 Å². The maximum atomic E-state index is 6.24. The molecule has 3 aromatic heterocycles. The summed E-state index contributed by atoms with van der Waals surface area (Å²) in [6.45, 7) is 6.82. The third-order valence-corrected chi connectivity index (χ3v) is 6.81. The van der Waals surface area contributed by atoms with E-state index in [9.17, 15) is 0 Å². The van der Waals surface area contributed by atoms with E-state index in [0.717, 1.165) is 33.2 Å². The molecule has 0 bridgehead atoms. The molecule has 0 aliphatic rings.